The maximum atomic E-state index is 10.2. The minimum absolute atomic E-state index is 0.867. The molecule has 2 heteroatoms. The zero-order chi connectivity index (χ0) is 16.3. The van der Waals surface area contributed by atoms with E-state index in [4.69, 9.17) is 0 Å². The first-order valence-corrected chi connectivity index (χ1v) is 9.65. The Bertz CT molecular complexity index is 258. The third-order valence-electron chi connectivity index (χ3n) is 4.23. The van der Waals surface area contributed by atoms with Crippen LogP contribution < -0.4 is 5.11 Å². The van der Waals surface area contributed by atoms with Crippen molar-refractivity contribution in [1.29, 1.82) is 0 Å². The van der Waals surface area contributed by atoms with Crippen LogP contribution in [0.1, 0.15) is 110 Å². The molecule has 2 nitrogen and oxygen atoms in total. The van der Waals surface area contributed by atoms with Gasteiger partial charge in [0.1, 0.15) is 0 Å². The summed E-state index contributed by atoms with van der Waals surface area (Å²) in [5.74, 6) is -1.08. The molecule has 0 aliphatic rings. The number of rotatable bonds is 17. The Kier molecular flexibility index (Phi) is 17.6. The van der Waals surface area contributed by atoms with Crippen molar-refractivity contribution >= 4 is 5.97 Å². The molecule has 130 valence electrons. The fraction of sp³-hybridized carbons (Fsp3) is 0.850. The molecule has 0 aromatic heterocycles. The quantitative estimate of drug-likeness (QED) is 0.261. The maximum absolute atomic E-state index is 10.2. The van der Waals surface area contributed by atoms with Gasteiger partial charge in [-0.1, -0.05) is 103 Å². The number of unbranched alkanes of at least 4 members (excludes halogenated alkanes) is 15. The van der Waals surface area contributed by atoms with Crippen LogP contribution in [0.2, 0.25) is 0 Å². The van der Waals surface area contributed by atoms with E-state index in [0.29, 0.717) is 0 Å². The van der Waals surface area contributed by atoms with Crippen LogP contribution in [0.4, 0.5) is 0 Å². The molecule has 0 saturated heterocycles. The van der Waals surface area contributed by atoms with Gasteiger partial charge < -0.3 is 9.90 Å². The molecule has 0 heterocycles. The summed E-state index contributed by atoms with van der Waals surface area (Å²) in [4.78, 5) is 10.2. The van der Waals surface area contributed by atoms with Crippen molar-refractivity contribution in [2.45, 2.75) is 110 Å². The number of carbonyl (C=O) groups excluding carboxylic acids is 1. The summed E-state index contributed by atoms with van der Waals surface area (Å²) in [6.45, 7) is 2.27. The lowest BCUT2D eigenvalue weighted by Crippen LogP contribution is -2.18. The molecule has 0 bridgehead atoms. The Morgan fingerprint density at radius 3 is 1.41 bits per heavy atom. The lowest BCUT2D eigenvalue weighted by molar-refractivity contribution is -0.297. The van der Waals surface area contributed by atoms with Crippen molar-refractivity contribution in [3.8, 4) is 0 Å². The van der Waals surface area contributed by atoms with Gasteiger partial charge in [0, 0.05) is 0 Å². The van der Waals surface area contributed by atoms with Gasteiger partial charge in [-0.15, -0.1) is 0 Å². The van der Waals surface area contributed by atoms with Gasteiger partial charge in [0.2, 0.25) is 0 Å². The molecule has 0 aliphatic carbocycles. The molecule has 22 heavy (non-hydrogen) atoms. The molecule has 0 aromatic rings. The summed E-state index contributed by atoms with van der Waals surface area (Å²) in [6, 6.07) is 0. The van der Waals surface area contributed by atoms with E-state index in [9.17, 15) is 9.90 Å². The Morgan fingerprint density at radius 1 is 0.682 bits per heavy atom. The van der Waals surface area contributed by atoms with Gasteiger partial charge in [0.25, 0.3) is 0 Å². The summed E-state index contributed by atoms with van der Waals surface area (Å²) in [7, 11) is 0. The van der Waals surface area contributed by atoms with E-state index in [2.05, 4.69) is 6.92 Å². The normalized spacial score (nSPS) is 11.3. The van der Waals surface area contributed by atoms with Crippen LogP contribution in [0.15, 0.2) is 12.2 Å². The van der Waals surface area contributed by atoms with Gasteiger partial charge in [-0.2, -0.15) is 0 Å². The van der Waals surface area contributed by atoms with Gasteiger partial charge in [0.05, 0.1) is 5.97 Å². The highest BCUT2D eigenvalue weighted by Gasteiger charge is 1.94. The van der Waals surface area contributed by atoms with Gasteiger partial charge >= 0.3 is 0 Å². The minimum Gasteiger partial charge on any atom is -0.545 e. The summed E-state index contributed by atoms with van der Waals surface area (Å²) in [5, 5.41) is 10.2. The Balaban J connectivity index is 3.01. The van der Waals surface area contributed by atoms with E-state index in [1.807, 2.05) is 0 Å². The van der Waals surface area contributed by atoms with Crippen molar-refractivity contribution < 1.29 is 9.90 Å². The molecule has 0 radical (unpaired) electrons. The molecule has 0 N–H and O–H groups in total. The lowest BCUT2D eigenvalue weighted by Gasteiger charge is -2.03. The van der Waals surface area contributed by atoms with Crippen molar-refractivity contribution in [3.63, 3.8) is 0 Å². The van der Waals surface area contributed by atoms with Crippen molar-refractivity contribution in [1.82, 2.24) is 0 Å². The van der Waals surface area contributed by atoms with Crippen LogP contribution in [0.5, 0.6) is 0 Å². The number of aliphatic carboxylic acids is 1. The summed E-state index contributed by atoms with van der Waals surface area (Å²) < 4.78 is 0. The molecule has 0 unspecified atom stereocenters. The molecule has 0 amide bonds. The maximum Gasteiger partial charge on any atom is 0.0639 e. The second kappa shape index (κ2) is 18.3. The number of carboxylic acid groups (broad SMARTS) is 1. The Hall–Kier alpha value is -0.790. The van der Waals surface area contributed by atoms with Crippen molar-refractivity contribution in [2.75, 3.05) is 0 Å². The molecule has 0 fully saturated rings. The first-order chi connectivity index (χ1) is 10.8. The van der Waals surface area contributed by atoms with Crippen LogP contribution in [-0.2, 0) is 4.79 Å². The molecule has 0 aromatic carbocycles. The first kappa shape index (κ1) is 21.2. The fourth-order valence-corrected chi connectivity index (χ4v) is 2.81. The van der Waals surface area contributed by atoms with E-state index in [0.717, 1.165) is 18.9 Å². The summed E-state index contributed by atoms with van der Waals surface area (Å²) in [6.07, 6.45) is 24.2. The Morgan fingerprint density at radius 2 is 1.05 bits per heavy atom. The van der Waals surface area contributed by atoms with Crippen LogP contribution in [-0.4, -0.2) is 5.97 Å². The highest BCUT2D eigenvalue weighted by atomic mass is 16.4. The number of allylic oxidation sites excluding steroid dienone is 1. The SMILES string of the molecule is CCCCCCCCCCCCCCCCC/C=C/C(=O)[O-]. The number of hydrogen-bond donors (Lipinski definition) is 0. The molecular weight excluding hydrogens is 272 g/mol. The van der Waals surface area contributed by atoms with E-state index in [1.165, 1.54) is 89.9 Å². The van der Waals surface area contributed by atoms with E-state index in [1.54, 1.807) is 6.08 Å². The fourth-order valence-electron chi connectivity index (χ4n) is 2.81. The number of hydrogen-bond acceptors (Lipinski definition) is 2. The highest BCUT2D eigenvalue weighted by Crippen LogP contribution is 2.13. The number of carboxylic acids is 1. The summed E-state index contributed by atoms with van der Waals surface area (Å²) >= 11 is 0. The van der Waals surface area contributed by atoms with Crippen LogP contribution in [0.25, 0.3) is 0 Å². The average Bonchev–Trinajstić information content (AvgIpc) is 2.50. The second-order valence-electron chi connectivity index (χ2n) is 6.46. The van der Waals surface area contributed by atoms with Crippen molar-refractivity contribution in [2.24, 2.45) is 0 Å². The van der Waals surface area contributed by atoms with E-state index >= 15 is 0 Å². The van der Waals surface area contributed by atoms with Crippen LogP contribution in [0, 0.1) is 0 Å². The van der Waals surface area contributed by atoms with Crippen LogP contribution >= 0.6 is 0 Å². The highest BCUT2D eigenvalue weighted by molar-refractivity contribution is 5.77. The van der Waals surface area contributed by atoms with Crippen molar-refractivity contribution in [3.05, 3.63) is 12.2 Å². The van der Waals surface area contributed by atoms with Gasteiger partial charge in [-0.3, -0.25) is 0 Å². The van der Waals surface area contributed by atoms with Gasteiger partial charge in [-0.05, 0) is 18.9 Å². The zero-order valence-corrected chi connectivity index (χ0v) is 14.8. The third kappa shape index (κ3) is 19.2. The predicted molar refractivity (Wildman–Crippen MR) is 93.7 cm³/mol. The van der Waals surface area contributed by atoms with E-state index < -0.39 is 5.97 Å². The first-order valence-electron chi connectivity index (χ1n) is 9.65. The van der Waals surface area contributed by atoms with Crippen LogP contribution in [0.3, 0.4) is 0 Å². The van der Waals surface area contributed by atoms with E-state index in [-0.39, 0.29) is 0 Å². The molecule has 0 aliphatic heterocycles. The molecule has 0 saturated carbocycles. The monoisotopic (exact) mass is 309 g/mol. The van der Waals surface area contributed by atoms with Gasteiger partial charge in [-0.25, -0.2) is 0 Å². The zero-order valence-electron chi connectivity index (χ0n) is 14.8. The lowest BCUT2D eigenvalue weighted by atomic mass is 10.0. The molecular formula is C20H37O2-. The third-order valence-corrected chi connectivity index (χ3v) is 4.23. The minimum atomic E-state index is -1.08. The molecule has 0 atom stereocenters. The summed E-state index contributed by atoms with van der Waals surface area (Å²) in [5.41, 5.74) is 0. The largest absolute Gasteiger partial charge is 0.545 e. The average molecular weight is 310 g/mol. The Labute approximate surface area is 138 Å². The molecule has 0 rings (SSSR count). The van der Waals surface area contributed by atoms with Gasteiger partial charge in [0.15, 0.2) is 0 Å². The second-order valence-corrected chi connectivity index (χ2v) is 6.46. The number of carbonyl (C=O) groups is 1. The topological polar surface area (TPSA) is 40.1 Å². The standard InChI is InChI=1S/C20H38O2/c1-2-3-4-5-6-7-8-9-10-11-12-13-14-15-16-17-18-19-20(21)22/h18-19H,2-17H2,1H3,(H,21,22)/p-1/b19-18+. The molecule has 0 spiro atoms. The smallest absolute Gasteiger partial charge is 0.0639 e. The predicted octanol–water partition coefficient (Wildman–Crippen LogP) is 5.55.